The second-order valence-corrected chi connectivity index (χ2v) is 4.79. The molecule has 0 spiro atoms. The predicted octanol–water partition coefficient (Wildman–Crippen LogP) is 2.52. The van der Waals surface area contributed by atoms with Gasteiger partial charge in [-0.1, -0.05) is 35.5 Å². The van der Waals surface area contributed by atoms with Crippen molar-refractivity contribution in [3.8, 4) is 0 Å². The first-order chi connectivity index (χ1) is 10.4. The Kier molecular flexibility index (Phi) is 6.94. The van der Waals surface area contributed by atoms with Crippen LogP contribution in [-0.2, 0) is 29.2 Å². The number of nitrogens with zero attached hydrogens (tertiary/aromatic N) is 1. The molecule has 1 aromatic carbocycles. The molecule has 1 aromatic heterocycles. The number of methoxy groups -OCH3 is 1. The van der Waals surface area contributed by atoms with Crippen LogP contribution < -0.4 is 5.32 Å². The fraction of sp³-hybridized carbons (Fsp3) is 0.438. The molecule has 0 aliphatic heterocycles. The molecule has 0 aliphatic carbocycles. The molecule has 1 heterocycles. The summed E-state index contributed by atoms with van der Waals surface area (Å²) in [4.78, 5) is 0. The first-order valence-electron chi connectivity index (χ1n) is 7.14. The molecular weight excluding hydrogens is 268 g/mol. The minimum absolute atomic E-state index is 0.441. The molecule has 2 rings (SSSR count). The minimum Gasteiger partial charge on any atom is -0.377 e. The lowest BCUT2D eigenvalue weighted by atomic mass is 10.2. The van der Waals surface area contributed by atoms with Gasteiger partial charge in [0.25, 0.3) is 0 Å². The summed E-state index contributed by atoms with van der Waals surface area (Å²) in [6.07, 6.45) is 0.968. The topological polar surface area (TPSA) is 56.5 Å². The van der Waals surface area contributed by atoms with E-state index in [9.17, 15) is 0 Å². The predicted molar refractivity (Wildman–Crippen MR) is 79.6 cm³/mol. The summed E-state index contributed by atoms with van der Waals surface area (Å²) in [7, 11) is 1.63. The van der Waals surface area contributed by atoms with Crippen LogP contribution in [0, 0.1) is 0 Å². The van der Waals surface area contributed by atoms with Crippen LogP contribution in [-0.4, -0.2) is 25.4 Å². The molecule has 0 saturated carbocycles. The van der Waals surface area contributed by atoms with E-state index in [1.165, 1.54) is 5.56 Å². The van der Waals surface area contributed by atoms with E-state index in [4.69, 9.17) is 14.0 Å². The zero-order chi connectivity index (χ0) is 14.8. The number of hydrogen-bond acceptors (Lipinski definition) is 5. The maximum absolute atomic E-state index is 5.56. The molecule has 0 aliphatic rings. The molecule has 0 saturated heterocycles. The summed E-state index contributed by atoms with van der Waals surface area (Å²) in [5, 5.41) is 7.30. The van der Waals surface area contributed by atoms with Crippen molar-refractivity contribution in [3.05, 3.63) is 53.4 Å². The third-order valence-electron chi connectivity index (χ3n) is 2.96. The Balaban J connectivity index is 1.50. The van der Waals surface area contributed by atoms with Crippen molar-refractivity contribution in [3.63, 3.8) is 0 Å². The molecule has 1 N–H and O–H groups in total. The van der Waals surface area contributed by atoms with E-state index in [2.05, 4.69) is 34.7 Å². The zero-order valence-electron chi connectivity index (χ0n) is 12.4. The van der Waals surface area contributed by atoms with Crippen LogP contribution in [0.5, 0.6) is 0 Å². The van der Waals surface area contributed by atoms with Crippen molar-refractivity contribution in [1.82, 2.24) is 10.5 Å². The van der Waals surface area contributed by atoms with Gasteiger partial charge < -0.3 is 19.3 Å². The van der Waals surface area contributed by atoms with E-state index in [-0.39, 0.29) is 0 Å². The lowest BCUT2D eigenvalue weighted by Crippen LogP contribution is -2.16. The van der Waals surface area contributed by atoms with Crippen molar-refractivity contribution in [2.75, 3.05) is 20.3 Å². The summed E-state index contributed by atoms with van der Waals surface area (Å²) in [5.41, 5.74) is 2.10. The Morgan fingerprint density at radius 1 is 1.19 bits per heavy atom. The molecule has 0 unspecified atom stereocenters. The summed E-state index contributed by atoms with van der Waals surface area (Å²) in [5.74, 6) is 0.723. The summed E-state index contributed by atoms with van der Waals surface area (Å²) < 4.78 is 15.6. The number of aromatic nitrogens is 1. The van der Waals surface area contributed by atoms with Gasteiger partial charge in [0.2, 0.25) is 0 Å². The normalized spacial score (nSPS) is 10.9. The Labute approximate surface area is 125 Å². The highest BCUT2D eigenvalue weighted by molar-refractivity contribution is 5.14. The lowest BCUT2D eigenvalue weighted by Gasteiger charge is -2.05. The average Bonchev–Trinajstić information content (AvgIpc) is 2.95. The minimum atomic E-state index is 0.441. The fourth-order valence-corrected chi connectivity index (χ4v) is 1.94. The number of benzene rings is 1. The van der Waals surface area contributed by atoms with Crippen LogP contribution in [0.1, 0.15) is 23.4 Å². The lowest BCUT2D eigenvalue weighted by molar-refractivity contribution is 0.112. The van der Waals surface area contributed by atoms with Crippen molar-refractivity contribution in [2.24, 2.45) is 0 Å². The van der Waals surface area contributed by atoms with E-state index in [1.807, 2.05) is 12.1 Å². The number of nitrogens with one attached hydrogen (secondary N) is 1. The average molecular weight is 290 g/mol. The van der Waals surface area contributed by atoms with Gasteiger partial charge in [-0.05, 0) is 18.5 Å². The van der Waals surface area contributed by atoms with Gasteiger partial charge in [0.1, 0.15) is 12.3 Å². The van der Waals surface area contributed by atoms with E-state index in [0.717, 1.165) is 31.0 Å². The summed E-state index contributed by atoms with van der Waals surface area (Å²) in [6, 6.07) is 12.2. The molecule has 5 nitrogen and oxygen atoms in total. The van der Waals surface area contributed by atoms with Crippen LogP contribution in [0.4, 0.5) is 0 Å². The second-order valence-electron chi connectivity index (χ2n) is 4.79. The van der Waals surface area contributed by atoms with E-state index < -0.39 is 0 Å². The van der Waals surface area contributed by atoms with Crippen molar-refractivity contribution >= 4 is 0 Å². The van der Waals surface area contributed by atoms with E-state index in [0.29, 0.717) is 19.8 Å². The Morgan fingerprint density at radius 3 is 2.86 bits per heavy atom. The molecule has 5 heteroatoms. The van der Waals surface area contributed by atoms with Crippen molar-refractivity contribution in [1.29, 1.82) is 0 Å². The van der Waals surface area contributed by atoms with E-state index in [1.54, 1.807) is 7.11 Å². The first kappa shape index (κ1) is 15.7. The quantitative estimate of drug-likeness (QED) is 0.681. The molecule has 2 aromatic rings. The second kappa shape index (κ2) is 9.28. The monoisotopic (exact) mass is 290 g/mol. The largest absolute Gasteiger partial charge is 0.377 e. The number of ether oxygens (including phenoxy) is 2. The third kappa shape index (κ3) is 6.08. The fourth-order valence-electron chi connectivity index (χ4n) is 1.94. The highest BCUT2D eigenvalue weighted by Gasteiger charge is 2.03. The molecular formula is C16H22N2O3. The molecule has 0 fully saturated rings. The van der Waals surface area contributed by atoms with Gasteiger partial charge >= 0.3 is 0 Å². The maximum Gasteiger partial charge on any atom is 0.162 e. The molecule has 21 heavy (non-hydrogen) atoms. The summed E-state index contributed by atoms with van der Waals surface area (Å²) in [6.45, 7) is 3.45. The molecule has 0 amide bonds. The molecule has 114 valence electrons. The summed E-state index contributed by atoms with van der Waals surface area (Å²) >= 11 is 0. The van der Waals surface area contributed by atoms with Gasteiger partial charge in [-0.25, -0.2) is 0 Å². The van der Waals surface area contributed by atoms with Crippen LogP contribution in [0.25, 0.3) is 0 Å². The highest BCUT2D eigenvalue weighted by atomic mass is 16.5. The smallest absolute Gasteiger partial charge is 0.162 e. The maximum atomic E-state index is 5.56. The van der Waals surface area contributed by atoms with Crippen LogP contribution >= 0.6 is 0 Å². The SMILES string of the molecule is COCc1cc(COCCCNCc2ccccc2)no1. The van der Waals surface area contributed by atoms with Crippen LogP contribution in [0.15, 0.2) is 40.9 Å². The molecule has 0 atom stereocenters. The third-order valence-corrected chi connectivity index (χ3v) is 2.96. The van der Waals surface area contributed by atoms with Gasteiger partial charge in [-0.2, -0.15) is 0 Å². The number of rotatable bonds is 10. The van der Waals surface area contributed by atoms with Crippen molar-refractivity contribution in [2.45, 2.75) is 26.2 Å². The molecule has 0 bridgehead atoms. The van der Waals surface area contributed by atoms with Crippen LogP contribution in [0.2, 0.25) is 0 Å². The van der Waals surface area contributed by atoms with Crippen molar-refractivity contribution < 1.29 is 14.0 Å². The standard InChI is InChI=1S/C16H22N2O3/c1-19-13-16-10-15(18-21-16)12-20-9-5-8-17-11-14-6-3-2-4-7-14/h2-4,6-7,10,17H,5,8-9,11-13H2,1H3. The van der Waals surface area contributed by atoms with Gasteiger partial charge in [0, 0.05) is 26.3 Å². The number of hydrogen-bond donors (Lipinski definition) is 1. The van der Waals surface area contributed by atoms with Crippen LogP contribution in [0.3, 0.4) is 0 Å². The Bertz CT molecular complexity index is 499. The van der Waals surface area contributed by atoms with Gasteiger partial charge in [-0.3, -0.25) is 0 Å². The van der Waals surface area contributed by atoms with Gasteiger partial charge in [0.15, 0.2) is 5.76 Å². The zero-order valence-corrected chi connectivity index (χ0v) is 12.4. The Hall–Kier alpha value is -1.69. The van der Waals surface area contributed by atoms with Gasteiger partial charge in [-0.15, -0.1) is 0 Å². The Morgan fingerprint density at radius 2 is 2.05 bits per heavy atom. The highest BCUT2D eigenvalue weighted by Crippen LogP contribution is 2.06. The van der Waals surface area contributed by atoms with E-state index >= 15 is 0 Å². The first-order valence-corrected chi connectivity index (χ1v) is 7.14. The molecule has 0 radical (unpaired) electrons. The van der Waals surface area contributed by atoms with Gasteiger partial charge in [0.05, 0.1) is 6.61 Å².